The average Bonchev–Trinajstić information content (AvgIpc) is 1.60. The molecule has 12 fully saturated rings. The van der Waals surface area contributed by atoms with Crippen LogP contribution in [-0.2, 0) is 83.7 Å². The zero-order valence-corrected chi connectivity index (χ0v) is 89.2. The van der Waals surface area contributed by atoms with Crippen molar-refractivity contribution in [3.05, 3.63) is 262 Å². The third-order valence-electron chi connectivity index (χ3n) is 30.9. The highest BCUT2D eigenvalue weighted by atomic mass is 35.5. The molecule has 150 heavy (non-hydrogen) atoms. The molecule has 772 valence electrons. The zero-order chi connectivity index (χ0) is 104. The van der Waals surface area contributed by atoms with Crippen LogP contribution in [0.5, 0.6) is 0 Å². The molecule has 8 aromatic heterocycles. The van der Waals surface area contributed by atoms with E-state index in [4.69, 9.17) is 148 Å². The summed E-state index contributed by atoms with van der Waals surface area (Å²) in [5.41, 5.74) is 19.9. The first-order chi connectivity index (χ1) is 73.1. The number of piperidine rings is 4. The van der Waals surface area contributed by atoms with Crippen molar-refractivity contribution in [2.24, 2.45) is 23.7 Å². The van der Waals surface area contributed by atoms with Crippen LogP contribution in [0, 0.1) is 57.2 Å². The maximum absolute atomic E-state index is 14.2. The number of halogens is 6. The minimum atomic E-state index is -0.250. The molecular formula is C113H103Cl5FN11O16S4. The Balaban J connectivity index is 0.000000113. The fourth-order valence-corrected chi connectivity index (χ4v) is 29.1. The summed E-state index contributed by atoms with van der Waals surface area (Å²) in [4.78, 5) is 94.3. The molecule has 0 spiro atoms. The van der Waals surface area contributed by atoms with Gasteiger partial charge in [0.25, 0.3) is 0 Å². The first-order valence-electron chi connectivity index (χ1n) is 50.5. The molecule has 8 aromatic carbocycles. The van der Waals surface area contributed by atoms with E-state index in [2.05, 4.69) is 153 Å². The SMILES string of the molecule is Cc1cccc(Cl)c1-c1noc(C2CC2)c1COC1CC2CC1CN2c1nc2c(C)cccc2s1.Cc1cccc(Cl)c1-c1noc(C2CC2)c1COC1CC2CC1CN2c1nc2c(F)cccc2s1.Cc1cccc(Cl)c1-c1noc(C2CC2)c1COC1CC2CC1CN2c1nc2ccccc2s1.Clc1cccc(Cl)c1-c1coc(C2CC2)c1COC1CC2CC1N(c1nc3ccccc3s1)C2.O=C=O.O=C=O.O=C=O.O=C=O. The number of aromatic nitrogens is 7. The van der Waals surface area contributed by atoms with E-state index in [9.17, 15) is 4.39 Å². The van der Waals surface area contributed by atoms with Crippen molar-refractivity contribution in [2.45, 2.75) is 229 Å². The van der Waals surface area contributed by atoms with E-state index in [1.807, 2.05) is 78.3 Å². The van der Waals surface area contributed by atoms with Gasteiger partial charge in [0, 0.05) is 136 Å². The second-order valence-electron chi connectivity index (χ2n) is 40.4. The van der Waals surface area contributed by atoms with Gasteiger partial charge in [-0.15, -0.1) is 0 Å². The van der Waals surface area contributed by atoms with Gasteiger partial charge in [-0.2, -0.15) is 38.4 Å². The lowest BCUT2D eigenvalue weighted by Gasteiger charge is -2.33. The summed E-state index contributed by atoms with van der Waals surface area (Å²) in [5.74, 6) is 7.75. The van der Waals surface area contributed by atoms with E-state index in [-0.39, 0.29) is 54.8 Å². The number of anilines is 4. The number of hydrogen-bond acceptors (Lipinski definition) is 31. The molecule has 12 unspecified atom stereocenters. The summed E-state index contributed by atoms with van der Waals surface area (Å²) in [5, 5.41) is 21.2. The van der Waals surface area contributed by atoms with Crippen LogP contribution in [0.1, 0.15) is 194 Å². The van der Waals surface area contributed by atoms with Crippen LogP contribution in [0.4, 0.5) is 24.9 Å². The molecule has 0 radical (unpaired) electrons. The Hall–Kier alpha value is -11.8. The second kappa shape index (κ2) is 45.6. The zero-order valence-electron chi connectivity index (χ0n) is 82.1. The fraction of sp³-hybridized carbons (Fsp3) is 0.389. The number of para-hydroxylation sites is 4. The Kier molecular flexibility index (Phi) is 31.6. The van der Waals surface area contributed by atoms with Crippen molar-refractivity contribution in [1.29, 1.82) is 0 Å². The highest BCUT2D eigenvalue weighted by Gasteiger charge is 2.52. The highest BCUT2D eigenvalue weighted by Crippen LogP contribution is 2.56. The Labute approximate surface area is 903 Å². The number of nitrogens with zero attached hydrogens (tertiary/aromatic N) is 11. The molecule has 16 aromatic rings. The lowest BCUT2D eigenvalue weighted by Crippen LogP contribution is -2.42. The van der Waals surface area contributed by atoms with Crippen molar-refractivity contribution < 1.29 is 79.7 Å². The van der Waals surface area contributed by atoms with E-state index in [1.165, 1.54) is 45.0 Å². The predicted octanol–water partition coefficient (Wildman–Crippen LogP) is 27.0. The van der Waals surface area contributed by atoms with Crippen LogP contribution in [-0.4, -0.2) is 135 Å². The van der Waals surface area contributed by atoms with Gasteiger partial charge in [0.1, 0.15) is 51.5 Å². The molecule has 8 aliphatic carbocycles. The van der Waals surface area contributed by atoms with Gasteiger partial charge in [0.2, 0.25) is 0 Å². The Morgan fingerprint density at radius 1 is 0.347 bits per heavy atom. The van der Waals surface area contributed by atoms with E-state index < -0.39 is 0 Å². The minimum absolute atomic E-state index is 0.183. The van der Waals surface area contributed by atoms with Gasteiger partial charge in [-0.3, -0.25) is 0 Å². The summed E-state index contributed by atoms with van der Waals surface area (Å²) in [7, 11) is 0. The van der Waals surface area contributed by atoms with Gasteiger partial charge < -0.3 is 56.5 Å². The van der Waals surface area contributed by atoms with Crippen LogP contribution in [0.3, 0.4) is 0 Å². The summed E-state index contributed by atoms with van der Waals surface area (Å²) >= 11 is 39.9. The molecule has 0 amide bonds. The molecule has 28 rings (SSSR count). The number of carbonyl (C=O) groups excluding carboxylic acids is 8. The summed E-state index contributed by atoms with van der Waals surface area (Å²) in [6.45, 7) is 14.4. The Morgan fingerprint density at radius 2 is 0.680 bits per heavy atom. The lowest BCUT2D eigenvalue weighted by molar-refractivity contribution is -0.193. The van der Waals surface area contributed by atoms with Crippen LogP contribution >= 0.6 is 103 Å². The third-order valence-corrected chi connectivity index (χ3v) is 36.8. The second-order valence-corrected chi connectivity index (χ2v) is 46.5. The normalized spacial score (nSPS) is 22.1. The molecule has 12 aliphatic rings. The molecule has 12 heterocycles. The molecule has 0 N–H and O–H groups in total. The molecule has 8 saturated carbocycles. The third kappa shape index (κ3) is 21.8. The van der Waals surface area contributed by atoms with Crippen molar-refractivity contribution >= 4 is 189 Å². The van der Waals surface area contributed by atoms with Crippen molar-refractivity contribution in [3.63, 3.8) is 0 Å². The van der Waals surface area contributed by atoms with E-state index >= 15 is 0 Å². The minimum Gasteiger partial charge on any atom is -0.468 e. The van der Waals surface area contributed by atoms with E-state index in [0.717, 1.165) is 258 Å². The van der Waals surface area contributed by atoms with Gasteiger partial charge in [0.15, 0.2) is 20.5 Å². The summed E-state index contributed by atoms with van der Waals surface area (Å²) < 4.78 is 68.9. The van der Waals surface area contributed by atoms with Gasteiger partial charge in [-0.25, -0.2) is 24.3 Å². The number of ether oxygens (including phenoxy) is 4. The molecule has 27 nitrogen and oxygen atoms in total. The molecule has 4 aliphatic heterocycles. The van der Waals surface area contributed by atoms with Crippen LogP contribution in [0.2, 0.25) is 25.1 Å². The predicted molar refractivity (Wildman–Crippen MR) is 570 cm³/mol. The van der Waals surface area contributed by atoms with Gasteiger partial charge in [0.05, 0.1) is 124 Å². The van der Waals surface area contributed by atoms with Crippen LogP contribution < -0.4 is 19.6 Å². The van der Waals surface area contributed by atoms with E-state index in [1.54, 1.807) is 40.1 Å². The number of rotatable bonds is 24. The van der Waals surface area contributed by atoms with Crippen molar-refractivity contribution in [1.82, 2.24) is 35.4 Å². The number of benzene rings is 8. The Morgan fingerprint density at radius 3 is 1.06 bits per heavy atom. The highest BCUT2D eigenvalue weighted by molar-refractivity contribution is 7.23. The van der Waals surface area contributed by atoms with Gasteiger partial charge in [-0.05, 0) is 231 Å². The number of aryl methyl sites for hydroxylation is 4. The standard InChI is InChI=1S/C28H28ClN3O2S.C27H24Cl2N2O2S.C27H25ClFN3O2S.C27H26ClN3O2S.4CO2/c1-15-5-3-7-21(29)24(15)26-20(27(34-31-26)17-9-10-17)14-33-22-12-19-11-18(22)13-32(19)28-30-25-16(2)6-4-8-23(25)35-28;28-19-4-3-5-20(29)25(19)17-13-33-26(16-8-9-16)18(17)14-32-23-11-15-10-22(23)31(12-15)27-30-21-6-1-2-7-24(21)34-27;1-14-4-2-5-19(28)23(14)24-18(26(34-31-24)15-8-9-15)13-33-21-11-17-10-16(21)12-32(17)27-30-25-20(29)6-3-7-22(25)35-27;1-15-5-4-6-20(28)24(15)25-19(26(33-30-25)16-9-10-16)14-32-22-12-18-11-17(22)13-31(18)27-29-21-7-2-3-8-23(21)34-27;4*2-1-3/h3-8,17-19,22H,9-14H2,1-2H3;1-7,13,15-16,22-23H,8-12,14H2;2-7,15-17,21H,8-13H2,1H3;2-8,16-18,22H,9-14H2,1H3;;;;. The molecule has 4 saturated heterocycles. The van der Waals surface area contributed by atoms with Crippen molar-refractivity contribution in [2.75, 3.05) is 45.8 Å². The smallest absolute Gasteiger partial charge is 0.373 e. The monoisotopic (exact) mass is 2190 g/mol. The summed E-state index contributed by atoms with van der Waals surface area (Å²) in [6, 6.07) is 53.6. The molecule has 37 heteroatoms. The number of hydrogen-bond donors (Lipinski definition) is 0. The number of furan rings is 1. The topological polar surface area (TPSA) is 329 Å². The quantitative estimate of drug-likeness (QED) is 0.0542. The lowest BCUT2D eigenvalue weighted by atomic mass is 10.00. The van der Waals surface area contributed by atoms with Crippen LogP contribution in [0.15, 0.2) is 182 Å². The Bertz CT molecular complexity index is 7390. The molecular weight excluding hydrogens is 2090 g/mol. The first-order valence-corrected chi connectivity index (χ1v) is 55.6. The number of fused-ring (bicyclic) bond motifs is 12. The van der Waals surface area contributed by atoms with Gasteiger partial charge >= 0.3 is 24.6 Å². The van der Waals surface area contributed by atoms with Gasteiger partial charge in [-0.1, -0.05) is 204 Å². The summed E-state index contributed by atoms with van der Waals surface area (Å²) in [6.07, 6.45) is 21.7. The largest absolute Gasteiger partial charge is 0.468 e. The van der Waals surface area contributed by atoms with Crippen LogP contribution in [0.25, 0.3) is 85.8 Å². The first kappa shape index (κ1) is 104. The van der Waals surface area contributed by atoms with E-state index in [0.29, 0.717) is 129 Å². The van der Waals surface area contributed by atoms with Crippen molar-refractivity contribution in [3.8, 4) is 44.9 Å². The number of thiazole rings is 4. The molecule has 12 atom stereocenters. The maximum atomic E-state index is 14.2. The average molecular weight is 2200 g/mol. The molecule has 8 bridgehead atoms. The maximum Gasteiger partial charge on any atom is 0.373 e. The fourth-order valence-electron chi connectivity index (χ4n) is 23.3.